The molecule has 0 bridgehead atoms. The molecule has 0 radical (unpaired) electrons. The maximum absolute atomic E-state index is 12.4. The Morgan fingerprint density at radius 2 is 1.43 bits per heavy atom. The van der Waals surface area contributed by atoms with Crippen LogP contribution in [0.25, 0.3) is 0 Å². The number of aromatic hydroxyl groups is 2. The van der Waals surface area contributed by atoms with Crippen LogP contribution in [0, 0.1) is 0 Å². The lowest BCUT2D eigenvalue weighted by Crippen LogP contribution is -2.17. The Bertz CT molecular complexity index is 1020. The largest absolute Gasteiger partial charge is 0.508 e. The number of phenols is 2. The van der Waals surface area contributed by atoms with E-state index in [-0.39, 0.29) is 54.4 Å². The van der Waals surface area contributed by atoms with E-state index in [1.807, 2.05) is 0 Å². The van der Waals surface area contributed by atoms with Gasteiger partial charge < -0.3 is 24.4 Å². The zero-order valence-corrected chi connectivity index (χ0v) is 16.0. The highest BCUT2D eigenvalue weighted by Gasteiger charge is 2.25. The van der Waals surface area contributed by atoms with Gasteiger partial charge in [-0.15, -0.1) is 0 Å². The van der Waals surface area contributed by atoms with Gasteiger partial charge in [0.15, 0.2) is 11.5 Å². The predicted molar refractivity (Wildman–Crippen MR) is 101 cm³/mol. The molecule has 0 unspecified atom stereocenters. The van der Waals surface area contributed by atoms with E-state index in [2.05, 4.69) is 0 Å². The van der Waals surface area contributed by atoms with Crippen molar-refractivity contribution in [2.24, 2.45) is 0 Å². The van der Waals surface area contributed by atoms with Crippen LogP contribution in [0.2, 0.25) is 0 Å². The van der Waals surface area contributed by atoms with Crippen molar-refractivity contribution in [1.29, 1.82) is 0 Å². The van der Waals surface area contributed by atoms with Gasteiger partial charge in [0, 0.05) is 30.0 Å². The Morgan fingerprint density at radius 3 is 2.00 bits per heavy atom. The molecule has 0 aliphatic carbocycles. The Balaban J connectivity index is 1.58. The van der Waals surface area contributed by atoms with Crippen molar-refractivity contribution in [3.8, 4) is 28.7 Å². The number of Topliss-reactive ketones (excluding diaryl/α,β-unsaturated/α-hetero) is 4. The predicted octanol–water partition coefficient (Wildman–Crippen LogP) is 2.21. The summed E-state index contributed by atoms with van der Waals surface area (Å²) in [5.41, 5.74) is -0.0916. The van der Waals surface area contributed by atoms with E-state index >= 15 is 0 Å². The number of benzene rings is 2. The average molecular weight is 414 g/mol. The number of hydrogen-bond acceptors (Lipinski definition) is 9. The molecule has 0 saturated carbocycles. The van der Waals surface area contributed by atoms with Gasteiger partial charge in [0.2, 0.25) is 35.7 Å². The summed E-state index contributed by atoms with van der Waals surface area (Å²) in [6.45, 7) is -0.0234. The maximum Gasteiger partial charge on any atom is 0.231 e. The van der Waals surface area contributed by atoms with Crippen LogP contribution in [-0.2, 0) is 9.59 Å². The number of methoxy groups -OCH3 is 1. The van der Waals surface area contributed by atoms with Crippen molar-refractivity contribution in [2.75, 3.05) is 13.9 Å². The zero-order chi connectivity index (χ0) is 21.8. The van der Waals surface area contributed by atoms with Crippen LogP contribution in [0.15, 0.2) is 30.3 Å². The van der Waals surface area contributed by atoms with Crippen LogP contribution in [0.5, 0.6) is 28.7 Å². The SMILES string of the molecule is COc1cc(C(=O)C(=O)CCCC(=O)C(=O)c2cc(O)cc(O)c2)cc2c1OCO2. The van der Waals surface area contributed by atoms with Crippen LogP contribution in [-0.4, -0.2) is 47.2 Å². The first-order valence-electron chi connectivity index (χ1n) is 8.96. The summed E-state index contributed by atoms with van der Waals surface area (Å²) in [4.78, 5) is 48.8. The maximum atomic E-state index is 12.4. The average Bonchev–Trinajstić information content (AvgIpc) is 3.19. The number of carbonyl (C=O) groups excluding carboxylic acids is 4. The monoisotopic (exact) mass is 414 g/mol. The zero-order valence-electron chi connectivity index (χ0n) is 16.0. The molecule has 0 amide bonds. The Kier molecular flexibility index (Phi) is 6.01. The number of carbonyl (C=O) groups is 4. The van der Waals surface area contributed by atoms with E-state index in [0.717, 1.165) is 18.2 Å². The topological polar surface area (TPSA) is 136 Å². The molecule has 0 spiro atoms. The number of ketones is 4. The summed E-state index contributed by atoms with van der Waals surface area (Å²) in [7, 11) is 1.39. The number of fused-ring (bicyclic) bond motifs is 1. The van der Waals surface area contributed by atoms with Crippen molar-refractivity contribution in [2.45, 2.75) is 19.3 Å². The van der Waals surface area contributed by atoms with Crippen LogP contribution in [0.4, 0.5) is 0 Å². The molecule has 156 valence electrons. The lowest BCUT2D eigenvalue weighted by atomic mass is 9.99. The fourth-order valence-electron chi connectivity index (χ4n) is 2.95. The highest BCUT2D eigenvalue weighted by molar-refractivity contribution is 6.45. The van der Waals surface area contributed by atoms with Crippen molar-refractivity contribution in [3.63, 3.8) is 0 Å². The second-order valence-corrected chi connectivity index (χ2v) is 6.51. The third kappa shape index (κ3) is 4.40. The van der Waals surface area contributed by atoms with Crippen LogP contribution >= 0.6 is 0 Å². The lowest BCUT2D eigenvalue weighted by Gasteiger charge is -2.07. The minimum Gasteiger partial charge on any atom is -0.508 e. The number of hydrogen-bond donors (Lipinski definition) is 2. The molecule has 1 aliphatic rings. The third-order valence-electron chi connectivity index (χ3n) is 4.40. The van der Waals surface area contributed by atoms with Gasteiger partial charge in [-0.05, 0) is 30.7 Å². The molecule has 1 heterocycles. The van der Waals surface area contributed by atoms with Crippen LogP contribution < -0.4 is 14.2 Å². The molecule has 3 rings (SSSR count). The molecule has 1 aliphatic heterocycles. The summed E-state index contributed by atoms with van der Waals surface area (Å²) in [5.74, 6) is -3.02. The Morgan fingerprint density at radius 1 is 0.867 bits per heavy atom. The molecule has 30 heavy (non-hydrogen) atoms. The van der Waals surface area contributed by atoms with Crippen LogP contribution in [0.3, 0.4) is 0 Å². The molecule has 0 fully saturated rings. The number of rotatable bonds is 9. The van der Waals surface area contributed by atoms with Crippen molar-refractivity contribution < 1.29 is 43.6 Å². The summed E-state index contributed by atoms with van der Waals surface area (Å²) in [6.07, 6.45) is -0.514. The molecule has 0 atom stereocenters. The third-order valence-corrected chi connectivity index (χ3v) is 4.40. The highest BCUT2D eigenvalue weighted by atomic mass is 16.7. The van der Waals surface area contributed by atoms with Crippen LogP contribution in [0.1, 0.15) is 40.0 Å². The molecule has 2 aromatic carbocycles. The number of phenolic OH excluding ortho intramolecular Hbond substituents is 2. The van der Waals surface area contributed by atoms with Gasteiger partial charge in [0.05, 0.1) is 7.11 Å². The van der Waals surface area contributed by atoms with E-state index in [0.29, 0.717) is 11.5 Å². The molecular weight excluding hydrogens is 396 g/mol. The molecule has 9 heteroatoms. The van der Waals surface area contributed by atoms with Gasteiger partial charge in [0.25, 0.3) is 0 Å². The summed E-state index contributed by atoms with van der Waals surface area (Å²) in [5, 5.41) is 18.8. The van der Waals surface area contributed by atoms with Gasteiger partial charge >= 0.3 is 0 Å². The van der Waals surface area contributed by atoms with Crippen molar-refractivity contribution in [1.82, 2.24) is 0 Å². The quantitative estimate of drug-likeness (QED) is 0.467. The van der Waals surface area contributed by atoms with Gasteiger partial charge in [0.1, 0.15) is 11.5 Å². The fourth-order valence-corrected chi connectivity index (χ4v) is 2.95. The normalized spacial score (nSPS) is 11.8. The minimum atomic E-state index is -0.902. The molecular formula is C21H18O9. The second kappa shape index (κ2) is 8.64. The summed E-state index contributed by atoms with van der Waals surface area (Å²) >= 11 is 0. The Hall–Kier alpha value is -3.88. The van der Waals surface area contributed by atoms with Gasteiger partial charge in [-0.25, -0.2) is 0 Å². The molecule has 2 N–H and O–H groups in total. The molecule has 0 saturated heterocycles. The highest BCUT2D eigenvalue weighted by Crippen LogP contribution is 2.42. The van der Waals surface area contributed by atoms with Crippen molar-refractivity contribution >= 4 is 23.1 Å². The van der Waals surface area contributed by atoms with E-state index in [1.165, 1.54) is 19.2 Å². The molecule has 9 nitrogen and oxygen atoms in total. The second-order valence-electron chi connectivity index (χ2n) is 6.51. The Labute approximate surface area is 170 Å². The van der Waals surface area contributed by atoms with E-state index < -0.39 is 23.1 Å². The summed E-state index contributed by atoms with van der Waals surface area (Å²) in [6, 6.07) is 5.89. The van der Waals surface area contributed by atoms with Gasteiger partial charge in [-0.2, -0.15) is 0 Å². The molecule has 0 aromatic heterocycles. The lowest BCUT2D eigenvalue weighted by molar-refractivity contribution is -0.116. The fraction of sp³-hybridized carbons (Fsp3) is 0.238. The smallest absolute Gasteiger partial charge is 0.231 e. The van der Waals surface area contributed by atoms with Gasteiger partial charge in [-0.3, -0.25) is 19.2 Å². The minimum absolute atomic E-state index is 0.0123. The van der Waals surface area contributed by atoms with E-state index in [4.69, 9.17) is 14.2 Å². The standard InChI is InChI=1S/C21H18O9/c1-28-17-7-12(8-18-21(17)30-10-29-18)20(27)16(25)4-2-3-15(24)19(26)11-5-13(22)9-14(23)6-11/h5-9,22-23H,2-4,10H2,1H3. The van der Waals surface area contributed by atoms with E-state index in [1.54, 1.807) is 0 Å². The molecule has 2 aromatic rings. The first kappa shape index (κ1) is 20.8. The van der Waals surface area contributed by atoms with E-state index in [9.17, 15) is 29.4 Å². The van der Waals surface area contributed by atoms with Crippen molar-refractivity contribution in [3.05, 3.63) is 41.5 Å². The van der Waals surface area contributed by atoms with Gasteiger partial charge in [-0.1, -0.05) is 0 Å². The first-order valence-corrected chi connectivity index (χ1v) is 8.96. The first-order chi connectivity index (χ1) is 14.3. The number of ether oxygens (including phenoxy) is 3. The summed E-state index contributed by atoms with van der Waals surface area (Å²) < 4.78 is 15.6.